The number of nitrogens with one attached hydrogen (secondary N) is 1. The summed E-state index contributed by atoms with van der Waals surface area (Å²) in [5, 5.41) is 23.9. The van der Waals surface area contributed by atoms with Gasteiger partial charge in [-0.2, -0.15) is 0 Å². The molecule has 0 radical (unpaired) electrons. The molecule has 1 aliphatic rings. The highest BCUT2D eigenvalue weighted by Crippen LogP contribution is 2.23. The number of benzene rings is 2. The van der Waals surface area contributed by atoms with E-state index in [0.29, 0.717) is 16.7 Å². The zero-order valence-corrected chi connectivity index (χ0v) is 20.6. The van der Waals surface area contributed by atoms with E-state index in [4.69, 9.17) is 14.2 Å². The predicted octanol–water partition coefficient (Wildman–Crippen LogP) is 3.06. The first-order chi connectivity index (χ1) is 18.5. The van der Waals surface area contributed by atoms with Crippen molar-refractivity contribution in [3.63, 3.8) is 0 Å². The molecular formula is C25H23N3O11. The van der Waals surface area contributed by atoms with Gasteiger partial charge in [0, 0.05) is 36.3 Å². The second-order valence-electron chi connectivity index (χ2n) is 8.47. The number of nitro groups is 2. The van der Waals surface area contributed by atoms with Crippen molar-refractivity contribution in [3.8, 4) is 0 Å². The molecule has 3 rings (SSSR count). The topological polar surface area (TPSA) is 194 Å². The Labute approximate surface area is 220 Å². The second-order valence-corrected chi connectivity index (χ2v) is 8.47. The minimum atomic E-state index is -1.02. The number of ketones is 1. The maximum absolute atomic E-state index is 12.3. The summed E-state index contributed by atoms with van der Waals surface area (Å²) in [5.41, 5.74) is 1.46. The third kappa shape index (κ3) is 8.18. The van der Waals surface area contributed by atoms with Crippen LogP contribution in [0, 0.1) is 20.2 Å². The molecule has 204 valence electrons. The molecule has 39 heavy (non-hydrogen) atoms. The number of esters is 1. The number of nitrogens with zero attached hydrogens (tertiary/aromatic N) is 2. The summed E-state index contributed by atoms with van der Waals surface area (Å²) in [6.45, 7) is 0.938. The molecule has 0 aromatic heterocycles. The average molecular weight is 541 g/mol. The lowest BCUT2D eigenvalue weighted by Gasteiger charge is -2.31. The van der Waals surface area contributed by atoms with Gasteiger partial charge in [-0.05, 0) is 47.9 Å². The smallest absolute Gasteiger partial charge is 0.460 e. The van der Waals surface area contributed by atoms with E-state index in [-0.39, 0.29) is 43.2 Å². The summed E-state index contributed by atoms with van der Waals surface area (Å²) in [6, 6.07) is 10.2. The van der Waals surface area contributed by atoms with Crippen molar-refractivity contribution >= 4 is 35.2 Å². The van der Waals surface area contributed by atoms with Crippen LogP contribution in [0.2, 0.25) is 0 Å². The molecule has 0 spiro atoms. The summed E-state index contributed by atoms with van der Waals surface area (Å²) in [5.74, 6) is -1.71. The molecule has 0 saturated carbocycles. The summed E-state index contributed by atoms with van der Waals surface area (Å²) in [7, 11) is 0. The molecule has 0 unspecified atom stereocenters. The maximum Gasteiger partial charge on any atom is 0.508 e. The van der Waals surface area contributed by atoms with Crippen LogP contribution in [0.5, 0.6) is 0 Å². The largest absolute Gasteiger partial charge is 0.508 e. The summed E-state index contributed by atoms with van der Waals surface area (Å²) in [4.78, 5) is 68.5. The van der Waals surface area contributed by atoms with E-state index < -0.39 is 46.1 Å². The van der Waals surface area contributed by atoms with Gasteiger partial charge in [0.15, 0.2) is 0 Å². The molecule has 0 aliphatic carbocycles. The van der Waals surface area contributed by atoms with E-state index in [9.17, 15) is 39.4 Å². The van der Waals surface area contributed by atoms with Crippen LogP contribution in [0.25, 0.3) is 0 Å². The minimum absolute atomic E-state index is 0.102. The molecule has 1 atom stereocenters. The van der Waals surface area contributed by atoms with E-state index in [1.54, 1.807) is 6.92 Å². The fourth-order valence-electron chi connectivity index (χ4n) is 3.57. The molecule has 1 heterocycles. The van der Waals surface area contributed by atoms with Crippen LogP contribution in [-0.4, -0.2) is 46.3 Å². The van der Waals surface area contributed by atoms with Crippen molar-refractivity contribution in [2.45, 2.75) is 39.0 Å². The molecule has 1 fully saturated rings. The first kappa shape index (κ1) is 28.4. The standard InChI is InChI=1S/C25H23N3O11/c1-15(12-38-25(32)39-14-17-4-8-19(9-5-17)28(35)36)23-21(26-24(23)31)10-20(29)11-22(30)37-13-16-2-6-18(7-3-16)27(33)34/h2-9,21H,10-14H2,1H3,(H,26,31)/t21-/m1/s1. The van der Waals surface area contributed by atoms with Gasteiger partial charge in [0.1, 0.15) is 32.0 Å². The second kappa shape index (κ2) is 12.9. The molecule has 14 heteroatoms. The van der Waals surface area contributed by atoms with Gasteiger partial charge in [0.05, 0.1) is 15.9 Å². The number of carbonyl (C=O) groups is 4. The van der Waals surface area contributed by atoms with E-state index >= 15 is 0 Å². The Hall–Kier alpha value is -5.14. The zero-order valence-electron chi connectivity index (χ0n) is 20.6. The van der Waals surface area contributed by atoms with Crippen LogP contribution in [0.1, 0.15) is 30.9 Å². The fraction of sp³-hybridized carbons (Fsp3) is 0.280. The SMILES string of the molecule is CC(COC(=O)OCc1ccc([N+](=O)[O-])cc1)=C1C(=O)N[C@@H]1CC(=O)CC(=O)OCc1ccc([N+](=O)[O-])cc1. The number of hydrogen-bond donors (Lipinski definition) is 1. The number of non-ortho nitro benzene ring substituents is 2. The van der Waals surface area contributed by atoms with E-state index in [2.05, 4.69) is 5.32 Å². The number of β-lactam (4-membered cyclic amide) rings is 1. The van der Waals surface area contributed by atoms with Crippen LogP contribution in [0.3, 0.4) is 0 Å². The lowest BCUT2D eigenvalue weighted by molar-refractivity contribution is -0.385. The minimum Gasteiger partial charge on any atom is -0.460 e. The van der Waals surface area contributed by atoms with Crippen molar-refractivity contribution in [1.29, 1.82) is 0 Å². The lowest BCUT2D eigenvalue weighted by atomic mass is 9.89. The molecule has 14 nitrogen and oxygen atoms in total. The van der Waals surface area contributed by atoms with Crippen LogP contribution in [0.15, 0.2) is 59.7 Å². The van der Waals surface area contributed by atoms with Gasteiger partial charge < -0.3 is 19.5 Å². The Balaban J connectivity index is 1.41. The fourth-order valence-corrected chi connectivity index (χ4v) is 3.57. The number of nitro benzene ring substituents is 2. The molecule has 1 saturated heterocycles. The molecule has 1 aliphatic heterocycles. The van der Waals surface area contributed by atoms with E-state index in [0.717, 1.165) is 0 Å². The van der Waals surface area contributed by atoms with Gasteiger partial charge in [-0.1, -0.05) is 0 Å². The number of ether oxygens (including phenoxy) is 3. The highest BCUT2D eigenvalue weighted by molar-refractivity contribution is 6.05. The van der Waals surface area contributed by atoms with Crippen LogP contribution >= 0.6 is 0 Å². The van der Waals surface area contributed by atoms with Gasteiger partial charge in [0.2, 0.25) is 5.91 Å². The van der Waals surface area contributed by atoms with Crippen LogP contribution in [-0.2, 0) is 41.8 Å². The van der Waals surface area contributed by atoms with Crippen molar-refractivity contribution in [2.75, 3.05) is 6.61 Å². The van der Waals surface area contributed by atoms with Crippen molar-refractivity contribution in [3.05, 3.63) is 91.0 Å². The van der Waals surface area contributed by atoms with Crippen molar-refractivity contribution in [1.82, 2.24) is 5.32 Å². The Bertz CT molecular complexity index is 1320. The predicted molar refractivity (Wildman–Crippen MR) is 131 cm³/mol. The van der Waals surface area contributed by atoms with E-state index in [1.165, 1.54) is 48.5 Å². The number of rotatable bonds is 12. The van der Waals surface area contributed by atoms with Gasteiger partial charge in [-0.15, -0.1) is 0 Å². The van der Waals surface area contributed by atoms with Gasteiger partial charge in [0.25, 0.3) is 11.4 Å². The summed E-state index contributed by atoms with van der Waals surface area (Å²) in [6.07, 6.45) is -1.72. The van der Waals surface area contributed by atoms with Gasteiger partial charge >= 0.3 is 12.1 Å². The quantitative estimate of drug-likeness (QED) is 0.104. The first-order valence-electron chi connectivity index (χ1n) is 11.5. The summed E-state index contributed by atoms with van der Waals surface area (Å²) >= 11 is 0. The first-order valence-corrected chi connectivity index (χ1v) is 11.5. The third-order valence-electron chi connectivity index (χ3n) is 5.59. The zero-order chi connectivity index (χ0) is 28.5. The highest BCUT2D eigenvalue weighted by atomic mass is 16.7. The molecule has 1 N–H and O–H groups in total. The Morgan fingerprint density at radius 1 is 0.846 bits per heavy atom. The molecule has 2 aromatic rings. The number of amides is 1. The molecule has 1 amide bonds. The third-order valence-corrected chi connectivity index (χ3v) is 5.59. The van der Waals surface area contributed by atoms with Gasteiger partial charge in [-0.3, -0.25) is 34.6 Å². The van der Waals surface area contributed by atoms with Crippen molar-refractivity contribution < 1.29 is 43.2 Å². The Morgan fingerprint density at radius 2 is 1.36 bits per heavy atom. The van der Waals surface area contributed by atoms with Gasteiger partial charge in [-0.25, -0.2) is 4.79 Å². The average Bonchev–Trinajstić information content (AvgIpc) is 2.89. The molecular weight excluding hydrogens is 518 g/mol. The van der Waals surface area contributed by atoms with Crippen LogP contribution in [0.4, 0.5) is 16.2 Å². The molecule has 0 bridgehead atoms. The monoisotopic (exact) mass is 541 g/mol. The normalized spacial score (nSPS) is 15.3. The Kier molecular flexibility index (Phi) is 9.40. The number of Topliss-reactive ketones (excluding diaryl/α,β-unsaturated/α-hetero) is 1. The number of hydrogen-bond acceptors (Lipinski definition) is 11. The molecule has 2 aromatic carbocycles. The van der Waals surface area contributed by atoms with Crippen molar-refractivity contribution in [2.24, 2.45) is 0 Å². The van der Waals surface area contributed by atoms with E-state index in [1.807, 2.05) is 0 Å². The number of carbonyl (C=O) groups excluding carboxylic acids is 4. The summed E-state index contributed by atoms with van der Waals surface area (Å²) < 4.78 is 15.0. The Morgan fingerprint density at radius 3 is 1.85 bits per heavy atom. The highest BCUT2D eigenvalue weighted by Gasteiger charge is 2.36. The maximum atomic E-state index is 12.3. The van der Waals surface area contributed by atoms with Crippen LogP contribution < -0.4 is 5.32 Å². The lowest BCUT2D eigenvalue weighted by Crippen LogP contribution is -2.53.